The zero-order valence-electron chi connectivity index (χ0n) is 20.4. The van der Waals surface area contributed by atoms with Crippen LogP contribution in [0.25, 0.3) is 0 Å². The summed E-state index contributed by atoms with van der Waals surface area (Å²) in [6.07, 6.45) is 0. The minimum absolute atomic E-state index is 0.251. The van der Waals surface area contributed by atoms with E-state index in [1.54, 1.807) is 12.1 Å². The summed E-state index contributed by atoms with van der Waals surface area (Å²) >= 11 is 0. The molecular formula is C24H24F2N2O8S. The van der Waals surface area contributed by atoms with Crippen molar-refractivity contribution in [3.63, 3.8) is 0 Å². The van der Waals surface area contributed by atoms with Crippen LogP contribution in [0, 0.1) is 21.7 Å². The van der Waals surface area contributed by atoms with E-state index in [2.05, 4.69) is 0 Å². The molecule has 0 radical (unpaired) electrons. The Morgan fingerprint density at radius 1 is 0.811 bits per heavy atom. The molecule has 0 aliphatic heterocycles. The first kappa shape index (κ1) is 27.6. The highest BCUT2D eigenvalue weighted by Crippen LogP contribution is 2.34. The number of benzene rings is 3. The van der Waals surface area contributed by atoms with Crippen LogP contribution in [-0.4, -0.2) is 46.1 Å². The van der Waals surface area contributed by atoms with Crippen molar-refractivity contribution in [2.75, 3.05) is 28.4 Å². The number of rotatable bonds is 11. The molecule has 0 atom stereocenters. The molecule has 10 nitrogen and oxygen atoms in total. The standard InChI is InChI=1S/C24H24F2N2O8S/c1-33-17-7-5-15(21(11-17)35-3)13-27(14-16-6-8-18(34-2)12-22(16)36-4)37(31,32)24-19(25)9-10-20(23(24)26)28(29)30/h5-12H,13-14H2,1-4H3. The van der Waals surface area contributed by atoms with E-state index in [9.17, 15) is 22.9 Å². The van der Waals surface area contributed by atoms with E-state index in [0.717, 1.165) is 4.31 Å². The normalized spacial score (nSPS) is 11.3. The van der Waals surface area contributed by atoms with E-state index in [1.807, 2.05) is 0 Å². The van der Waals surface area contributed by atoms with Gasteiger partial charge in [-0.3, -0.25) is 10.1 Å². The fourth-order valence-corrected chi connectivity index (χ4v) is 5.12. The van der Waals surface area contributed by atoms with E-state index >= 15 is 4.39 Å². The Kier molecular flexibility index (Phi) is 8.50. The van der Waals surface area contributed by atoms with Crippen molar-refractivity contribution in [3.05, 3.63) is 81.4 Å². The highest BCUT2D eigenvalue weighted by molar-refractivity contribution is 7.89. The summed E-state index contributed by atoms with van der Waals surface area (Å²) in [6, 6.07) is 10.3. The van der Waals surface area contributed by atoms with Crippen LogP contribution in [0.1, 0.15) is 11.1 Å². The summed E-state index contributed by atoms with van der Waals surface area (Å²) in [5.74, 6) is -1.91. The van der Waals surface area contributed by atoms with Gasteiger partial charge in [0.25, 0.3) is 0 Å². The van der Waals surface area contributed by atoms with Crippen LogP contribution >= 0.6 is 0 Å². The maximum atomic E-state index is 15.0. The Labute approximate surface area is 212 Å². The fraction of sp³-hybridized carbons (Fsp3) is 0.250. The highest BCUT2D eigenvalue weighted by Gasteiger charge is 2.36. The number of halogens is 2. The molecule has 0 aliphatic carbocycles. The zero-order valence-corrected chi connectivity index (χ0v) is 21.2. The Bertz CT molecular complexity index is 1360. The van der Waals surface area contributed by atoms with Gasteiger partial charge in [-0.05, 0) is 18.2 Å². The topological polar surface area (TPSA) is 117 Å². The van der Waals surface area contributed by atoms with Crippen LogP contribution in [-0.2, 0) is 23.1 Å². The largest absolute Gasteiger partial charge is 0.497 e. The van der Waals surface area contributed by atoms with Gasteiger partial charge in [0.2, 0.25) is 15.8 Å². The minimum atomic E-state index is -4.99. The van der Waals surface area contributed by atoms with Crippen molar-refractivity contribution in [3.8, 4) is 23.0 Å². The van der Waals surface area contributed by atoms with Gasteiger partial charge in [-0.1, -0.05) is 12.1 Å². The number of nitro benzene ring substituents is 1. The van der Waals surface area contributed by atoms with Gasteiger partial charge in [0.05, 0.1) is 33.4 Å². The van der Waals surface area contributed by atoms with Crippen LogP contribution in [0.15, 0.2) is 53.4 Å². The van der Waals surface area contributed by atoms with Crippen LogP contribution in [0.3, 0.4) is 0 Å². The van der Waals surface area contributed by atoms with E-state index in [1.165, 1.54) is 52.7 Å². The zero-order chi connectivity index (χ0) is 27.3. The fourth-order valence-electron chi connectivity index (χ4n) is 3.60. The molecule has 0 bridgehead atoms. The molecule has 13 heteroatoms. The summed E-state index contributed by atoms with van der Waals surface area (Å²) in [6.45, 7) is -0.821. The first-order chi connectivity index (χ1) is 17.6. The number of sulfonamides is 1. The average molecular weight is 539 g/mol. The van der Waals surface area contributed by atoms with Gasteiger partial charge in [-0.2, -0.15) is 8.70 Å². The molecule has 3 aromatic rings. The van der Waals surface area contributed by atoms with E-state index in [4.69, 9.17) is 18.9 Å². The van der Waals surface area contributed by atoms with Gasteiger partial charge in [0.15, 0.2) is 4.90 Å². The maximum absolute atomic E-state index is 15.0. The smallest absolute Gasteiger partial charge is 0.306 e. The lowest BCUT2D eigenvalue weighted by Gasteiger charge is -2.25. The van der Waals surface area contributed by atoms with E-state index in [-0.39, 0.29) is 11.5 Å². The Morgan fingerprint density at radius 3 is 1.70 bits per heavy atom. The highest BCUT2D eigenvalue weighted by atomic mass is 32.2. The van der Waals surface area contributed by atoms with Crippen LogP contribution in [0.2, 0.25) is 0 Å². The Morgan fingerprint density at radius 2 is 1.30 bits per heavy atom. The number of ether oxygens (including phenoxy) is 4. The Balaban J connectivity index is 2.20. The molecular weight excluding hydrogens is 514 g/mol. The lowest BCUT2D eigenvalue weighted by atomic mass is 10.1. The van der Waals surface area contributed by atoms with Crippen molar-refractivity contribution >= 4 is 15.7 Å². The molecule has 0 saturated carbocycles. The van der Waals surface area contributed by atoms with Gasteiger partial charge in [-0.25, -0.2) is 12.8 Å². The maximum Gasteiger partial charge on any atom is 0.306 e. The molecule has 37 heavy (non-hydrogen) atoms. The van der Waals surface area contributed by atoms with Crippen LogP contribution in [0.4, 0.5) is 14.5 Å². The predicted molar refractivity (Wildman–Crippen MR) is 129 cm³/mol. The van der Waals surface area contributed by atoms with Crippen molar-refractivity contribution in [2.45, 2.75) is 18.0 Å². The van der Waals surface area contributed by atoms with Crippen LogP contribution < -0.4 is 18.9 Å². The second kappa shape index (κ2) is 11.4. The monoisotopic (exact) mass is 538 g/mol. The average Bonchev–Trinajstić information content (AvgIpc) is 2.88. The first-order valence-electron chi connectivity index (χ1n) is 10.6. The van der Waals surface area contributed by atoms with Gasteiger partial charge >= 0.3 is 5.69 Å². The summed E-state index contributed by atoms with van der Waals surface area (Å²) in [5.41, 5.74) is -0.500. The molecule has 0 aromatic heterocycles. The quantitative estimate of drug-likeness (QED) is 0.262. The summed E-state index contributed by atoms with van der Waals surface area (Å²) in [4.78, 5) is 8.66. The second-order valence-corrected chi connectivity index (χ2v) is 9.47. The molecule has 198 valence electrons. The summed E-state index contributed by atoms with van der Waals surface area (Å²) in [7, 11) is 0.617. The number of hydrogen-bond acceptors (Lipinski definition) is 8. The van der Waals surface area contributed by atoms with Crippen molar-refractivity contribution in [2.24, 2.45) is 0 Å². The number of hydrogen-bond donors (Lipinski definition) is 0. The predicted octanol–water partition coefficient (Wildman–Crippen LogP) is 4.30. The van der Waals surface area contributed by atoms with Crippen molar-refractivity contribution in [1.29, 1.82) is 0 Å². The number of methoxy groups -OCH3 is 4. The summed E-state index contributed by atoms with van der Waals surface area (Å²) in [5, 5.41) is 11.2. The lowest BCUT2D eigenvalue weighted by molar-refractivity contribution is -0.387. The molecule has 0 amide bonds. The lowest BCUT2D eigenvalue weighted by Crippen LogP contribution is -2.32. The minimum Gasteiger partial charge on any atom is -0.497 e. The third-order valence-electron chi connectivity index (χ3n) is 5.51. The molecule has 0 heterocycles. The van der Waals surface area contributed by atoms with Crippen LogP contribution in [0.5, 0.6) is 23.0 Å². The Hall–Kier alpha value is -3.97. The molecule has 0 spiro atoms. The van der Waals surface area contributed by atoms with Crippen molar-refractivity contribution < 1.29 is 41.1 Å². The third kappa shape index (κ3) is 5.73. The summed E-state index contributed by atoms with van der Waals surface area (Å²) < 4.78 is 79.0. The number of nitrogens with zero attached hydrogens (tertiary/aromatic N) is 2. The molecule has 0 saturated heterocycles. The van der Waals surface area contributed by atoms with Gasteiger partial charge < -0.3 is 18.9 Å². The third-order valence-corrected chi connectivity index (χ3v) is 7.33. The van der Waals surface area contributed by atoms with E-state index in [0.29, 0.717) is 34.8 Å². The van der Waals surface area contributed by atoms with Gasteiger partial charge in [-0.15, -0.1) is 0 Å². The molecule has 3 aromatic carbocycles. The van der Waals surface area contributed by atoms with E-state index < -0.39 is 50.3 Å². The first-order valence-corrected chi connectivity index (χ1v) is 12.1. The van der Waals surface area contributed by atoms with Crippen molar-refractivity contribution in [1.82, 2.24) is 4.31 Å². The van der Waals surface area contributed by atoms with Gasteiger partial charge in [0, 0.05) is 42.4 Å². The number of nitro groups is 1. The second-order valence-electron chi connectivity index (χ2n) is 7.60. The molecule has 0 unspecified atom stereocenters. The SMILES string of the molecule is COc1ccc(CN(Cc2ccc(OC)cc2OC)S(=O)(=O)c2c(F)ccc([N+](=O)[O-])c2F)c(OC)c1. The molecule has 0 N–H and O–H groups in total. The molecule has 0 aliphatic rings. The molecule has 3 rings (SSSR count). The molecule has 0 fully saturated rings. The van der Waals surface area contributed by atoms with Gasteiger partial charge in [0.1, 0.15) is 28.8 Å².